The second-order valence-corrected chi connectivity index (χ2v) is 4.21. The molecule has 0 aliphatic rings. The van der Waals surface area contributed by atoms with E-state index >= 15 is 0 Å². The number of nitrogens with one attached hydrogen (secondary N) is 1. The van der Waals surface area contributed by atoms with Gasteiger partial charge in [0.2, 0.25) is 0 Å². The standard InChI is InChI=1S/C13H21N3O/c1-3-5-10(4-2)16-12-7-6-9(14)8-11(12)13(15)17/h6-8,10,16H,3-5,14H2,1-2H3,(H2,15,17). The topological polar surface area (TPSA) is 81.1 Å². The smallest absolute Gasteiger partial charge is 0.250 e. The van der Waals surface area contributed by atoms with E-state index in [1.807, 2.05) is 6.07 Å². The van der Waals surface area contributed by atoms with Gasteiger partial charge in [0.25, 0.3) is 5.91 Å². The molecule has 4 nitrogen and oxygen atoms in total. The number of rotatable bonds is 6. The lowest BCUT2D eigenvalue weighted by atomic mass is 10.1. The summed E-state index contributed by atoms with van der Waals surface area (Å²) in [5.74, 6) is -0.453. The number of nitrogens with two attached hydrogens (primary N) is 2. The molecule has 1 unspecified atom stereocenters. The van der Waals surface area contributed by atoms with Crippen LogP contribution in [0, 0.1) is 0 Å². The van der Waals surface area contributed by atoms with Crippen LogP contribution in [0.3, 0.4) is 0 Å². The zero-order valence-electron chi connectivity index (χ0n) is 10.5. The molecule has 0 heterocycles. The van der Waals surface area contributed by atoms with Crippen LogP contribution >= 0.6 is 0 Å². The average Bonchev–Trinajstić information content (AvgIpc) is 2.30. The van der Waals surface area contributed by atoms with Crippen LogP contribution in [0.5, 0.6) is 0 Å². The number of nitrogen functional groups attached to an aromatic ring is 1. The molecule has 1 amide bonds. The fourth-order valence-electron chi connectivity index (χ4n) is 1.84. The molecule has 0 fully saturated rings. The maximum atomic E-state index is 11.3. The maximum absolute atomic E-state index is 11.3. The van der Waals surface area contributed by atoms with E-state index in [1.54, 1.807) is 12.1 Å². The van der Waals surface area contributed by atoms with Gasteiger partial charge in [-0.15, -0.1) is 0 Å². The molecule has 4 heteroatoms. The number of carbonyl (C=O) groups is 1. The molecule has 5 N–H and O–H groups in total. The highest BCUT2D eigenvalue weighted by Crippen LogP contribution is 2.21. The van der Waals surface area contributed by atoms with Gasteiger partial charge in [-0.05, 0) is 31.0 Å². The lowest BCUT2D eigenvalue weighted by molar-refractivity contribution is 0.100. The Bertz CT molecular complexity index is 390. The minimum Gasteiger partial charge on any atom is -0.399 e. The third kappa shape index (κ3) is 3.66. The summed E-state index contributed by atoms with van der Waals surface area (Å²) in [5.41, 5.74) is 12.8. The SMILES string of the molecule is CCCC(CC)Nc1ccc(N)cc1C(N)=O. The second-order valence-electron chi connectivity index (χ2n) is 4.21. The Hall–Kier alpha value is -1.71. The van der Waals surface area contributed by atoms with Crippen molar-refractivity contribution in [3.8, 4) is 0 Å². The summed E-state index contributed by atoms with van der Waals surface area (Å²) in [6.45, 7) is 4.26. The van der Waals surface area contributed by atoms with Crippen molar-refractivity contribution in [3.63, 3.8) is 0 Å². The predicted molar refractivity (Wildman–Crippen MR) is 72.0 cm³/mol. The molecule has 17 heavy (non-hydrogen) atoms. The molecule has 1 rings (SSSR count). The third-order valence-electron chi connectivity index (χ3n) is 2.80. The van der Waals surface area contributed by atoms with Crippen molar-refractivity contribution in [3.05, 3.63) is 23.8 Å². The van der Waals surface area contributed by atoms with Gasteiger partial charge < -0.3 is 16.8 Å². The van der Waals surface area contributed by atoms with Crippen molar-refractivity contribution in [2.24, 2.45) is 5.73 Å². The number of carbonyl (C=O) groups excluding carboxylic acids is 1. The minimum atomic E-state index is -0.453. The maximum Gasteiger partial charge on any atom is 0.250 e. The third-order valence-corrected chi connectivity index (χ3v) is 2.80. The number of hydrogen-bond donors (Lipinski definition) is 3. The Morgan fingerprint density at radius 1 is 1.41 bits per heavy atom. The number of hydrogen-bond acceptors (Lipinski definition) is 3. The lowest BCUT2D eigenvalue weighted by Gasteiger charge is -2.19. The molecule has 1 aromatic carbocycles. The van der Waals surface area contributed by atoms with Crippen LogP contribution in [0.4, 0.5) is 11.4 Å². The molecule has 0 radical (unpaired) electrons. The minimum absolute atomic E-state index is 0.363. The Labute approximate surface area is 102 Å². The molecular formula is C13H21N3O. The molecule has 0 bridgehead atoms. The summed E-state index contributed by atoms with van der Waals surface area (Å²) in [4.78, 5) is 11.3. The van der Waals surface area contributed by atoms with Crippen LogP contribution in [0.15, 0.2) is 18.2 Å². The van der Waals surface area contributed by atoms with Gasteiger partial charge in [-0.1, -0.05) is 20.3 Å². The number of anilines is 2. The van der Waals surface area contributed by atoms with E-state index in [1.165, 1.54) is 0 Å². The van der Waals surface area contributed by atoms with Gasteiger partial charge in [0.1, 0.15) is 0 Å². The van der Waals surface area contributed by atoms with Crippen molar-refractivity contribution >= 4 is 17.3 Å². The summed E-state index contributed by atoms with van der Waals surface area (Å²) in [7, 11) is 0. The number of benzene rings is 1. The molecule has 94 valence electrons. The first-order valence-electron chi connectivity index (χ1n) is 6.04. The van der Waals surface area contributed by atoms with Gasteiger partial charge in [-0.25, -0.2) is 0 Å². The van der Waals surface area contributed by atoms with E-state index in [0.717, 1.165) is 24.9 Å². The molecule has 0 aliphatic carbocycles. The van der Waals surface area contributed by atoms with Crippen LogP contribution in [-0.2, 0) is 0 Å². The molecule has 1 aromatic rings. The quantitative estimate of drug-likeness (QED) is 0.662. The Morgan fingerprint density at radius 3 is 2.65 bits per heavy atom. The summed E-state index contributed by atoms with van der Waals surface area (Å²) in [6.07, 6.45) is 3.18. The number of primary amides is 1. The first-order chi connectivity index (χ1) is 8.08. The van der Waals surface area contributed by atoms with E-state index in [2.05, 4.69) is 19.2 Å². The highest BCUT2D eigenvalue weighted by molar-refractivity contribution is 5.99. The first-order valence-corrected chi connectivity index (χ1v) is 6.04. The van der Waals surface area contributed by atoms with Gasteiger partial charge in [0, 0.05) is 17.4 Å². The fraction of sp³-hybridized carbons (Fsp3) is 0.462. The van der Waals surface area contributed by atoms with Crippen LogP contribution < -0.4 is 16.8 Å². The van der Waals surface area contributed by atoms with Crippen molar-refractivity contribution in [1.29, 1.82) is 0 Å². The fourth-order valence-corrected chi connectivity index (χ4v) is 1.84. The van der Waals surface area contributed by atoms with Crippen LogP contribution in [0.25, 0.3) is 0 Å². The predicted octanol–water partition coefficient (Wildman–Crippen LogP) is 2.36. The molecular weight excluding hydrogens is 214 g/mol. The second kappa shape index (κ2) is 6.13. The van der Waals surface area contributed by atoms with Gasteiger partial charge in [-0.2, -0.15) is 0 Å². The van der Waals surface area contributed by atoms with E-state index in [9.17, 15) is 4.79 Å². The van der Waals surface area contributed by atoms with Crippen molar-refractivity contribution < 1.29 is 4.79 Å². The summed E-state index contributed by atoms with van der Waals surface area (Å²) in [6, 6.07) is 5.56. The Kier molecular flexibility index (Phi) is 4.82. The largest absolute Gasteiger partial charge is 0.399 e. The van der Waals surface area contributed by atoms with E-state index in [4.69, 9.17) is 11.5 Å². The summed E-state index contributed by atoms with van der Waals surface area (Å²) >= 11 is 0. The Morgan fingerprint density at radius 2 is 2.12 bits per heavy atom. The van der Waals surface area contributed by atoms with Crippen molar-refractivity contribution in [2.45, 2.75) is 39.2 Å². The molecule has 0 aliphatic heterocycles. The lowest BCUT2D eigenvalue weighted by Crippen LogP contribution is -2.21. The van der Waals surface area contributed by atoms with Crippen molar-refractivity contribution in [2.75, 3.05) is 11.1 Å². The van der Waals surface area contributed by atoms with E-state index < -0.39 is 5.91 Å². The van der Waals surface area contributed by atoms with E-state index in [-0.39, 0.29) is 0 Å². The zero-order valence-corrected chi connectivity index (χ0v) is 10.5. The normalized spacial score (nSPS) is 12.1. The molecule has 0 aromatic heterocycles. The average molecular weight is 235 g/mol. The van der Waals surface area contributed by atoms with Gasteiger partial charge in [-0.3, -0.25) is 4.79 Å². The molecule has 0 spiro atoms. The number of amides is 1. The van der Waals surface area contributed by atoms with Gasteiger partial charge >= 0.3 is 0 Å². The van der Waals surface area contributed by atoms with Crippen LogP contribution in [0.2, 0.25) is 0 Å². The molecule has 0 saturated carbocycles. The summed E-state index contributed by atoms with van der Waals surface area (Å²) in [5, 5.41) is 3.35. The highest BCUT2D eigenvalue weighted by atomic mass is 16.1. The zero-order chi connectivity index (χ0) is 12.8. The van der Waals surface area contributed by atoms with E-state index in [0.29, 0.717) is 17.3 Å². The highest BCUT2D eigenvalue weighted by Gasteiger charge is 2.12. The van der Waals surface area contributed by atoms with Gasteiger partial charge in [0.05, 0.1) is 5.56 Å². The van der Waals surface area contributed by atoms with Gasteiger partial charge in [0.15, 0.2) is 0 Å². The first kappa shape index (κ1) is 13.4. The molecule has 1 atom stereocenters. The van der Waals surface area contributed by atoms with Crippen LogP contribution in [-0.4, -0.2) is 11.9 Å². The summed E-state index contributed by atoms with van der Waals surface area (Å²) < 4.78 is 0. The monoisotopic (exact) mass is 235 g/mol. The molecule has 0 saturated heterocycles. The van der Waals surface area contributed by atoms with Crippen molar-refractivity contribution in [1.82, 2.24) is 0 Å². The Balaban J connectivity index is 2.92. The van der Waals surface area contributed by atoms with Crippen LogP contribution in [0.1, 0.15) is 43.5 Å².